The predicted octanol–water partition coefficient (Wildman–Crippen LogP) is 12.4. The van der Waals surface area contributed by atoms with Crippen molar-refractivity contribution >= 4 is 22.7 Å². The minimum atomic E-state index is -0.632. The highest BCUT2D eigenvalue weighted by atomic mass is 32.2. The van der Waals surface area contributed by atoms with Crippen LogP contribution in [0, 0.1) is 11.3 Å². The van der Waals surface area contributed by atoms with Crippen molar-refractivity contribution < 1.29 is 0 Å². The molecule has 0 bridgehead atoms. The number of para-hydroxylation sites is 1. The first kappa shape index (κ1) is 33.4. The second-order valence-electron chi connectivity index (χ2n) is 13.9. The van der Waals surface area contributed by atoms with Crippen molar-refractivity contribution in [3.05, 3.63) is 222 Å². The van der Waals surface area contributed by atoms with Gasteiger partial charge in [0.15, 0.2) is 5.82 Å². The summed E-state index contributed by atoms with van der Waals surface area (Å²) >= 11 is 1.77. The van der Waals surface area contributed by atoms with E-state index in [-0.39, 0.29) is 0 Å². The lowest BCUT2D eigenvalue weighted by atomic mass is 9.64. The minimum Gasteiger partial charge on any atom is -0.256 e. The maximum absolute atomic E-state index is 10.1. The molecule has 7 aromatic carbocycles. The van der Waals surface area contributed by atoms with E-state index in [1.165, 1.54) is 10.5 Å². The summed E-state index contributed by atoms with van der Waals surface area (Å²) in [6, 6.07) is 67.9. The Labute approximate surface area is 329 Å². The summed E-state index contributed by atoms with van der Waals surface area (Å²) in [5.74, 6) is 0.681. The summed E-state index contributed by atoms with van der Waals surface area (Å²) in [7, 11) is 0. The molecule has 262 valence electrons. The highest BCUT2D eigenvalue weighted by Gasteiger charge is 2.44. The van der Waals surface area contributed by atoms with Gasteiger partial charge >= 0.3 is 0 Å². The van der Waals surface area contributed by atoms with Crippen molar-refractivity contribution in [2.75, 3.05) is 0 Å². The van der Waals surface area contributed by atoms with Crippen molar-refractivity contribution in [3.8, 4) is 51.1 Å². The van der Waals surface area contributed by atoms with Crippen molar-refractivity contribution in [1.82, 2.24) is 15.0 Å². The van der Waals surface area contributed by atoms with Gasteiger partial charge in [-0.3, -0.25) is 4.98 Å². The van der Waals surface area contributed by atoms with Crippen LogP contribution in [0.2, 0.25) is 0 Å². The topological polar surface area (TPSA) is 62.5 Å². The molecule has 0 saturated heterocycles. The molecular weight excluding hydrogens is 701 g/mol. The first-order chi connectivity index (χ1) is 27.7. The quantitative estimate of drug-likeness (QED) is 0.170. The molecule has 2 aromatic heterocycles. The van der Waals surface area contributed by atoms with Gasteiger partial charge in [0.2, 0.25) is 0 Å². The van der Waals surface area contributed by atoms with Crippen LogP contribution in [0.5, 0.6) is 0 Å². The fourth-order valence-corrected chi connectivity index (χ4v) is 9.22. The summed E-state index contributed by atoms with van der Waals surface area (Å²) in [6.45, 7) is 0. The Bertz CT molecular complexity index is 2880. The molecule has 0 N–H and O–H groups in total. The first-order valence-electron chi connectivity index (χ1n) is 18.6. The zero-order valence-corrected chi connectivity index (χ0v) is 31.0. The summed E-state index contributed by atoms with van der Waals surface area (Å²) < 4.78 is 0. The Morgan fingerprint density at radius 2 is 1.07 bits per heavy atom. The molecule has 0 amide bonds. The van der Waals surface area contributed by atoms with E-state index in [0.717, 1.165) is 71.7 Å². The Kier molecular flexibility index (Phi) is 8.32. The molecule has 0 fully saturated rings. The van der Waals surface area contributed by atoms with E-state index in [4.69, 9.17) is 9.97 Å². The summed E-state index contributed by atoms with van der Waals surface area (Å²) in [6.07, 6.45) is 1.81. The molecule has 56 heavy (non-hydrogen) atoms. The van der Waals surface area contributed by atoms with Crippen LogP contribution in [-0.2, 0) is 5.41 Å². The predicted molar refractivity (Wildman–Crippen MR) is 226 cm³/mol. The molecule has 0 spiro atoms. The molecule has 0 radical (unpaired) electrons. The average Bonchev–Trinajstić information content (AvgIpc) is 3.28. The van der Waals surface area contributed by atoms with Crippen LogP contribution < -0.4 is 0 Å². The Balaban J connectivity index is 1.08. The molecule has 0 atom stereocenters. The Hall–Kier alpha value is -7.13. The maximum Gasteiger partial charge on any atom is 0.160 e. The Morgan fingerprint density at radius 3 is 1.77 bits per heavy atom. The average molecular weight is 733 g/mol. The third kappa shape index (κ3) is 5.67. The van der Waals surface area contributed by atoms with E-state index >= 15 is 0 Å². The lowest BCUT2D eigenvalue weighted by molar-refractivity contribution is 0.702. The van der Waals surface area contributed by atoms with Gasteiger partial charge in [-0.15, -0.1) is 0 Å². The van der Waals surface area contributed by atoms with Crippen LogP contribution in [0.3, 0.4) is 0 Å². The minimum absolute atomic E-state index is 0.632. The normalized spacial score (nSPS) is 12.7. The van der Waals surface area contributed by atoms with Crippen molar-refractivity contribution in [2.24, 2.45) is 0 Å². The monoisotopic (exact) mass is 732 g/mol. The van der Waals surface area contributed by atoms with Gasteiger partial charge in [-0.2, -0.15) is 5.26 Å². The number of rotatable bonds is 6. The second kappa shape index (κ2) is 13.9. The summed E-state index contributed by atoms with van der Waals surface area (Å²) in [5, 5.41) is 11.1. The van der Waals surface area contributed by atoms with Crippen LogP contribution in [0.15, 0.2) is 204 Å². The van der Waals surface area contributed by atoms with Crippen molar-refractivity contribution in [2.45, 2.75) is 15.2 Å². The molecule has 10 rings (SSSR count). The van der Waals surface area contributed by atoms with Gasteiger partial charge in [0.25, 0.3) is 0 Å². The standard InChI is InChI=1S/C51H32N4S/c52-33-34-18-28-47-43(31-34)51(40-11-3-1-4-12-40,41-13-5-2-6-14-41)44-32-39(27-29-48(44)56-47)35-19-23-37(24-20-35)49-42-15-7-8-17-46(42)54-50(55-49)38-25-21-36(22-26-38)45-16-9-10-30-53-45/h1-32H. The number of hydrogen-bond donors (Lipinski definition) is 0. The zero-order valence-electron chi connectivity index (χ0n) is 30.2. The molecular formula is C51H32N4S. The van der Waals surface area contributed by atoms with Gasteiger partial charge in [-0.1, -0.05) is 151 Å². The number of hydrogen-bond acceptors (Lipinski definition) is 5. The molecule has 4 nitrogen and oxygen atoms in total. The molecule has 1 aliphatic rings. The van der Waals surface area contributed by atoms with Gasteiger partial charge in [0, 0.05) is 38.1 Å². The third-order valence-corrected chi connectivity index (χ3v) is 11.9. The van der Waals surface area contributed by atoms with E-state index in [1.807, 2.05) is 42.6 Å². The van der Waals surface area contributed by atoms with Gasteiger partial charge in [0.05, 0.1) is 34.0 Å². The highest BCUT2D eigenvalue weighted by molar-refractivity contribution is 7.99. The number of fused-ring (bicyclic) bond motifs is 3. The van der Waals surface area contributed by atoms with Crippen molar-refractivity contribution in [3.63, 3.8) is 0 Å². The molecule has 0 aliphatic carbocycles. The third-order valence-electron chi connectivity index (χ3n) is 10.7. The number of nitriles is 1. The lowest BCUT2D eigenvalue weighted by Crippen LogP contribution is -2.34. The molecule has 0 saturated carbocycles. The molecule has 3 heterocycles. The zero-order chi connectivity index (χ0) is 37.5. The number of benzene rings is 7. The number of pyridine rings is 1. The van der Waals surface area contributed by atoms with Crippen LogP contribution in [0.1, 0.15) is 27.8 Å². The van der Waals surface area contributed by atoms with E-state index in [0.29, 0.717) is 11.4 Å². The van der Waals surface area contributed by atoms with Crippen LogP contribution in [0.4, 0.5) is 0 Å². The van der Waals surface area contributed by atoms with Gasteiger partial charge in [-0.05, 0) is 81.9 Å². The van der Waals surface area contributed by atoms with Gasteiger partial charge in [0.1, 0.15) is 0 Å². The van der Waals surface area contributed by atoms with E-state index in [9.17, 15) is 5.26 Å². The molecule has 9 aromatic rings. The number of aromatic nitrogens is 3. The molecule has 0 unspecified atom stereocenters. The SMILES string of the molecule is N#Cc1ccc2c(c1)C(c1ccccc1)(c1ccccc1)c1cc(-c3ccc(-c4nc(-c5ccc(-c6ccccn6)cc5)nc5ccccc45)cc3)ccc1S2. The Morgan fingerprint density at radius 1 is 0.482 bits per heavy atom. The summed E-state index contributed by atoms with van der Waals surface area (Å²) in [4.78, 5) is 17.0. The largest absolute Gasteiger partial charge is 0.256 e. The van der Waals surface area contributed by atoms with Crippen LogP contribution >= 0.6 is 11.8 Å². The van der Waals surface area contributed by atoms with E-state index in [1.54, 1.807) is 11.8 Å². The number of nitrogens with zero attached hydrogens (tertiary/aromatic N) is 4. The lowest BCUT2D eigenvalue weighted by Gasteiger charge is -2.42. The van der Waals surface area contributed by atoms with Crippen LogP contribution in [-0.4, -0.2) is 15.0 Å². The van der Waals surface area contributed by atoms with E-state index < -0.39 is 5.41 Å². The fraction of sp³-hybridized carbons (Fsp3) is 0.0196. The molecule has 5 heteroatoms. The first-order valence-corrected chi connectivity index (χ1v) is 19.4. The van der Waals surface area contributed by atoms with Crippen LogP contribution in [0.25, 0.3) is 55.9 Å². The van der Waals surface area contributed by atoms with Gasteiger partial charge < -0.3 is 0 Å². The molecule has 1 aliphatic heterocycles. The summed E-state index contributed by atoms with van der Waals surface area (Å²) in [5.41, 5.74) is 12.6. The maximum atomic E-state index is 10.1. The smallest absolute Gasteiger partial charge is 0.160 e. The second-order valence-corrected chi connectivity index (χ2v) is 15.0. The van der Waals surface area contributed by atoms with Gasteiger partial charge in [-0.25, -0.2) is 9.97 Å². The highest BCUT2D eigenvalue weighted by Crippen LogP contribution is 2.56. The fourth-order valence-electron chi connectivity index (χ4n) is 8.07. The van der Waals surface area contributed by atoms with E-state index in [2.05, 4.69) is 163 Å². The van der Waals surface area contributed by atoms with Crippen molar-refractivity contribution in [1.29, 1.82) is 5.26 Å².